The normalized spacial score (nSPS) is 14.2. The van der Waals surface area contributed by atoms with Gasteiger partial charge >= 0.3 is 0 Å². The number of anilines is 2. The molecule has 6 N–H and O–H groups in total. The first-order chi connectivity index (χ1) is 18.0. The summed E-state index contributed by atoms with van der Waals surface area (Å²) in [4.78, 5) is 55.4. The number of benzene rings is 2. The lowest BCUT2D eigenvalue weighted by atomic mass is 9.83. The Morgan fingerprint density at radius 2 is 1.05 bits per heavy atom. The van der Waals surface area contributed by atoms with Crippen LogP contribution in [0.1, 0.15) is 57.5 Å². The molecular formula is C28H38N6O4. The Morgan fingerprint density at radius 1 is 0.684 bits per heavy atom. The smallest absolute Gasteiger partial charge is 0.224 e. The van der Waals surface area contributed by atoms with E-state index in [1.165, 1.54) is 12.1 Å². The van der Waals surface area contributed by atoms with Crippen molar-refractivity contribution in [1.82, 2.24) is 9.80 Å². The van der Waals surface area contributed by atoms with Gasteiger partial charge in [0, 0.05) is 71.6 Å². The number of nitrogens with two attached hydrogens (primary N) is 2. The highest BCUT2D eigenvalue weighted by Crippen LogP contribution is 2.31. The second-order valence-electron chi connectivity index (χ2n) is 10.1. The number of nitrogens with zero attached hydrogens (tertiary/aromatic N) is 2. The van der Waals surface area contributed by atoms with Gasteiger partial charge in [-0.3, -0.25) is 19.2 Å². The highest BCUT2D eigenvalue weighted by molar-refractivity contribution is 6.29. The maximum atomic E-state index is 13.2. The first-order valence-electron chi connectivity index (χ1n) is 12.8. The number of ketones is 2. The van der Waals surface area contributed by atoms with Crippen LogP contribution < -0.4 is 22.1 Å². The highest BCUT2D eigenvalue weighted by atomic mass is 16.2. The van der Waals surface area contributed by atoms with Gasteiger partial charge in [0.05, 0.1) is 0 Å². The minimum atomic E-state index is -0.309. The van der Waals surface area contributed by atoms with E-state index < -0.39 is 0 Å². The summed E-state index contributed by atoms with van der Waals surface area (Å²) < 4.78 is 0. The van der Waals surface area contributed by atoms with E-state index in [0.717, 1.165) is 0 Å². The molecule has 2 aromatic carbocycles. The molecule has 0 aliphatic heterocycles. The van der Waals surface area contributed by atoms with Crippen molar-refractivity contribution in [3.63, 3.8) is 0 Å². The van der Waals surface area contributed by atoms with Gasteiger partial charge in [-0.1, -0.05) is 0 Å². The number of carbonyl (C=O) groups excluding carboxylic acids is 4. The van der Waals surface area contributed by atoms with Crippen molar-refractivity contribution in [3.8, 4) is 0 Å². The molecule has 2 unspecified atom stereocenters. The van der Waals surface area contributed by atoms with Gasteiger partial charge in [0.15, 0.2) is 11.6 Å². The Labute approximate surface area is 223 Å². The Hall–Kier alpha value is -3.44. The van der Waals surface area contributed by atoms with E-state index >= 15 is 0 Å². The summed E-state index contributed by atoms with van der Waals surface area (Å²) in [6.07, 6.45) is 1.77. The third-order valence-electron chi connectivity index (χ3n) is 7.00. The number of nitrogens with one attached hydrogen (secondary N) is 2. The van der Waals surface area contributed by atoms with Crippen molar-refractivity contribution >= 4 is 34.8 Å². The molecule has 3 rings (SSSR count). The van der Waals surface area contributed by atoms with Crippen LogP contribution in [0.3, 0.4) is 0 Å². The van der Waals surface area contributed by atoms with Crippen LogP contribution >= 0.6 is 0 Å². The van der Waals surface area contributed by atoms with Crippen LogP contribution in [0, 0.1) is 0 Å². The van der Waals surface area contributed by atoms with Crippen molar-refractivity contribution in [2.24, 2.45) is 11.5 Å². The van der Waals surface area contributed by atoms with E-state index in [4.69, 9.17) is 11.5 Å². The average Bonchev–Trinajstić information content (AvgIpc) is 2.87. The SMILES string of the molecule is CN(C)C(CN)CCC(=O)Nc1ccc2c(c1)C(=O)c1ccc(NC(=O)CCC(CN)N(C)C)cc1C2=O. The monoisotopic (exact) mass is 522 g/mol. The predicted molar refractivity (Wildman–Crippen MR) is 149 cm³/mol. The molecule has 0 saturated carbocycles. The fourth-order valence-electron chi connectivity index (χ4n) is 4.52. The first-order valence-corrected chi connectivity index (χ1v) is 12.8. The lowest BCUT2D eigenvalue weighted by Gasteiger charge is -2.22. The maximum absolute atomic E-state index is 13.2. The molecule has 0 saturated heterocycles. The van der Waals surface area contributed by atoms with E-state index in [9.17, 15) is 19.2 Å². The number of hydrogen-bond donors (Lipinski definition) is 4. The number of hydrogen-bond acceptors (Lipinski definition) is 8. The van der Waals surface area contributed by atoms with Crippen molar-refractivity contribution in [2.45, 2.75) is 37.8 Å². The van der Waals surface area contributed by atoms with Gasteiger partial charge in [-0.25, -0.2) is 0 Å². The number of fused-ring (bicyclic) bond motifs is 2. The quantitative estimate of drug-likeness (QED) is 0.280. The lowest BCUT2D eigenvalue weighted by molar-refractivity contribution is -0.117. The third-order valence-corrected chi connectivity index (χ3v) is 7.00. The number of amides is 2. The molecule has 1 aliphatic carbocycles. The number of rotatable bonds is 12. The number of carbonyl (C=O) groups is 4. The van der Waals surface area contributed by atoms with Crippen LogP contribution in [0.2, 0.25) is 0 Å². The molecule has 204 valence electrons. The fraction of sp³-hybridized carbons (Fsp3) is 0.429. The van der Waals surface area contributed by atoms with Gasteiger partial charge in [0.25, 0.3) is 0 Å². The molecule has 0 bridgehead atoms. The summed E-state index contributed by atoms with van der Waals surface area (Å²) in [5.41, 5.74) is 13.4. The Morgan fingerprint density at radius 3 is 1.37 bits per heavy atom. The van der Waals surface area contributed by atoms with Crippen LogP contribution in [0.15, 0.2) is 36.4 Å². The summed E-state index contributed by atoms with van der Waals surface area (Å²) in [6, 6.07) is 9.60. The molecule has 2 amide bonds. The average molecular weight is 523 g/mol. The summed E-state index contributed by atoms with van der Waals surface area (Å²) in [5.74, 6) is -1.000. The molecular weight excluding hydrogens is 484 g/mol. The predicted octanol–water partition coefficient (Wildman–Crippen LogP) is 1.68. The van der Waals surface area contributed by atoms with Crippen LogP contribution in [-0.2, 0) is 9.59 Å². The third kappa shape index (κ3) is 6.90. The Kier molecular flexibility index (Phi) is 9.87. The standard InChI is InChI=1S/C28H38N6O4/c1-33(2)19(15-29)7-11-25(35)31-17-5-9-21-23(13-17)27(37)22-10-6-18(14-24(22)28(21)38)32-26(36)12-8-20(16-30)34(3)4/h5-6,9-10,13-14,19-20H,7-8,11-12,15-16,29-30H2,1-4H3,(H,31,35)(H,32,36). The first kappa shape index (κ1) is 29.1. The maximum Gasteiger partial charge on any atom is 0.224 e. The van der Waals surface area contributed by atoms with Crippen molar-refractivity contribution in [2.75, 3.05) is 51.9 Å². The molecule has 2 aromatic rings. The van der Waals surface area contributed by atoms with E-state index in [1.54, 1.807) is 24.3 Å². The molecule has 1 aliphatic rings. The molecule has 0 radical (unpaired) electrons. The van der Waals surface area contributed by atoms with Crippen molar-refractivity contribution < 1.29 is 19.2 Å². The Bertz CT molecular complexity index is 1120. The number of likely N-dealkylation sites (N-methyl/N-ethyl adjacent to an activating group) is 2. The minimum Gasteiger partial charge on any atom is -0.329 e. The lowest BCUT2D eigenvalue weighted by Crippen LogP contribution is -2.35. The summed E-state index contributed by atoms with van der Waals surface area (Å²) in [6.45, 7) is 0.900. The van der Waals surface area contributed by atoms with Crippen LogP contribution in [0.25, 0.3) is 0 Å². The summed E-state index contributed by atoms with van der Waals surface area (Å²) in [5, 5.41) is 5.62. The topological polar surface area (TPSA) is 151 Å². The zero-order valence-electron chi connectivity index (χ0n) is 22.5. The highest BCUT2D eigenvalue weighted by Gasteiger charge is 2.30. The zero-order valence-corrected chi connectivity index (χ0v) is 22.5. The molecule has 0 fully saturated rings. The van der Waals surface area contributed by atoms with Gasteiger partial charge < -0.3 is 31.9 Å². The van der Waals surface area contributed by atoms with E-state index in [1.807, 2.05) is 38.0 Å². The largest absolute Gasteiger partial charge is 0.329 e. The van der Waals surface area contributed by atoms with Crippen LogP contribution in [0.5, 0.6) is 0 Å². The molecule has 38 heavy (non-hydrogen) atoms. The van der Waals surface area contributed by atoms with Crippen LogP contribution in [0.4, 0.5) is 11.4 Å². The fourth-order valence-corrected chi connectivity index (χ4v) is 4.52. The van der Waals surface area contributed by atoms with Crippen molar-refractivity contribution in [3.05, 3.63) is 58.7 Å². The van der Waals surface area contributed by atoms with E-state index in [0.29, 0.717) is 37.3 Å². The van der Waals surface area contributed by atoms with Crippen LogP contribution in [-0.4, -0.2) is 86.5 Å². The van der Waals surface area contributed by atoms with E-state index in [-0.39, 0.29) is 70.6 Å². The zero-order chi connectivity index (χ0) is 28.0. The molecule has 0 aromatic heterocycles. The van der Waals surface area contributed by atoms with Gasteiger partial charge in [-0.05, 0) is 77.4 Å². The molecule has 2 atom stereocenters. The Balaban J connectivity index is 1.70. The van der Waals surface area contributed by atoms with Gasteiger partial charge in [0.1, 0.15) is 0 Å². The van der Waals surface area contributed by atoms with Crippen molar-refractivity contribution in [1.29, 1.82) is 0 Å². The second kappa shape index (κ2) is 12.9. The summed E-state index contributed by atoms with van der Waals surface area (Å²) in [7, 11) is 7.67. The second-order valence-corrected chi connectivity index (χ2v) is 10.1. The summed E-state index contributed by atoms with van der Waals surface area (Å²) >= 11 is 0. The molecule has 10 nitrogen and oxygen atoms in total. The molecule has 10 heteroatoms. The van der Waals surface area contributed by atoms with E-state index in [2.05, 4.69) is 10.6 Å². The molecule has 0 spiro atoms. The van der Waals surface area contributed by atoms with Gasteiger partial charge in [0.2, 0.25) is 11.8 Å². The minimum absolute atomic E-state index is 0.0931. The van der Waals surface area contributed by atoms with Gasteiger partial charge in [-0.15, -0.1) is 0 Å². The molecule has 0 heterocycles. The van der Waals surface area contributed by atoms with Gasteiger partial charge in [-0.2, -0.15) is 0 Å².